The Labute approximate surface area is 117 Å². The fraction of sp³-hybridized carbons (Fsp3) is 0.312. The zero-order valence-electron chi connectivity index (χ0n) is 11.4. The van der Waals surface area contributed by atoms with Crippen molar-refractivity contribution in [3.63, 3.8) is 0 Å². The molecule has 1 aromatic heterocycles. The number of hydrogen-bond acceptors (Lipinski definition) is 2. The molecule has 0 atom stereocenters. The fourth-order valence-electron chi connectivity index (χ4n) is 2.01. The monoisotopic (exact) mass is 274 g/mol. The van der Waals surface area contributed by atoms with Gasteiger partial charge in [0.15, 0.2) is 0 Å². The number of rotatable bonds is 4. The normalized spacial score (nSPS) is 11.5. The molecule has 19 heavy (non-hydrogen) atoms. The highest BCUT2D eigenvalue weighted by Crippen LogP contribution is 2.32. The largest absolute Gasteiger partial charge is 0.477 e. The van der Waals surface area contributed by atoms with Crippen LogP contribution in [0.2, 0.25) is 0 Å². The van der Waals surface area contributed by atoms with Gasteiger partial charge in [-0.1, -0.05) is 45.0 Å². The van der Waals surface area contributed by atoms with Gasteiger partial charge in [-0.15, -0.1) is 11.3 Å². The van der Waals surface area contributed by atoms with E-state index in [1.807, 2.05) is 23.6 Å². The van der Waals surface area contributed by atoms with Gasteiger partial charge < -0.3 is 5.11 Å². The molecular formula is C16H18O2S. The zero-order chi connectivity index (χ0) is 14.0. The summed E-state index contributed by atoms with van der Waals surface area (Å²) in [4.78, 5) is 11.5. The molecule has 1 heterocycles. The van der Waals surface area contributed by atoms with Crippen molar-refractivity contribution < 1.29 is 9.90 Å². The summed E-state index contributed by atoms with van der Waals surface area (Å²) >= 11 is 1.27. The summed E-state index contributed by atoms with van der Waals surface area (Å²) in [6, 6.07) is 10.1. The molecule has 0 radical (unpaired) electrons. The second kappa shape index (κ2) is 5.17. The predicted octanol–water partition coefficient (Wildman–Crippen LogP) is 4.80. The average Bonchev–Trinajstić information content (AvgIpc) is 2.88. The molecule has 1 aromatic carbocycles. The Kier molecular flexibility index (Phi) is 3.76. The third-order valence-corrected chi connectivity index (χ3v) is 4.62. The molecule has 0 spiro atoms. The molecule has 3 heteroatoms. The summed E-state index contributed by atoms with van der Waals surface area (Å²) in [5.41, 5.74) is 3.21. The van der Waals surface area contributed by atoms with Crippen molar-refractivity contribution in [1.29, 1.82) is 0 Å². The lowest BCUT2D eigenvalue weighted by Gasteiger charge is -2.23. The number of benzene rings is 1. The highest BCUT2D eigenvalue weighted by atomic mass is 32.1. The quantitative estimate of drug-likeness (QED) is 0.869. The standard InChI is InChI=1S/C16H18O2S/c1-4-16(2,3)12-7-5-11(6-8-12)13-9-10-19-14(13)15(17)18/h5-10H,4H2,1-3H3,(H,17,18). The van der Waals surface area contributed by atoms with Crippen LogP contribution in [0.1, 0.15) is 42.4 Å². The summed E-state index contributed by atoms with van der Waals surface area (Å²) in [5.74, 6) is -0.858. The van der Waals surface area contributed by atoms with Gasteiger partial charge in [0.1, 0.15) is 4.88 Å². The third-order valence-electron chi connectivity index (χ3n) is 3.72. The second-order valence-electron chi connectivity index (χ2n) is 5.28. The van der Waals surface area contributed by atoms with Gasteiger partial charge in [0, 0.05) is 5.56 Å². The lowest BCUT2D eigenvalue weighted by Crippen LogP contribution is -2.14. The molecule has 2 rings (SSSR count). The average molecular weight is 274 g/mol. The Bertz CT molecular complexity index is 579. The van der Waals surface area contributed by atoms with Gasteiger partial charge in [-0.2, -0.15) is 0 Å². The first-order valence-corrected chi connectivity index (χ1v) is 7.25. The van der Waals surface area contributed by atoms with E-state index < -0.39 is 5.97 Å². The highest BCUT2D eigenvalue weighted by molar-refractivity contribution is 7.12. The molecule has 0 fully saturated rings. The summed E-state index contributed by atoms with van der Waals surface area (Å²) in [5, 5.41) is 11.0. The van der Waals surface area contributed by atoms with Crippen LogP contribution in [0.5, 0.6) is 0 Å². The number of thiophene rings is 1. The lowest BCUT2D eigenvalue weighted by molar-refractivity contribution is 0.0703. The van der Waals surface area contributed by atoms with Gasteiger partial charge >= 0.3 is 5.97 Å². The maximum Gasteiger partial charge on any atom is 0.346 e. The van der Waals surface area contributed by atoms with Crippen molar-refractivity contribution in [3.8, 4) is 11.1 Å². The molecular weight excluding hydrogens is 256 g/mol. The molecule has 0 bridgehead atoms. The van der Waals surface area contributed by atoms with E-state index in [4.69, 9.17) is 5.11 Å². The van der Waals surface area contributed by atoms with Crippen molar-refractivity contribution in [2.24, 2.45) is 0 Å². The van der Waals surface area contributed by atoms with E-state index in [1.54, 1.807) is 0 Å². The van der Waals surface area contributed by atoms with Crippen LogP contribution >= 0.6 is 11.3 Å². The second-order valence-corrected chi connectivity index (χ2v) is 6.20. The van der Waals surface area contributed by atoms with Gasteiger partial charge in [0.25, 0.3) is 0 Å². The molecule has 2 aromatic rings. The van der Waals surface area contributed by atoms with E-state index in [1.165, 1.54) is 16.9 Å². The fourth-order valence-corrected chi connectivity index (χ4v) is 2.76. The number of hydrogen-bond donors (Lipinski definition) is 1. The van der Waals surface area contributed by atoms with Crippen LogP contribution < -0.4 is 0 Å². The van der Waals surface area contributed by atoms with Crippen LogP contribution in [0.3, 0.4) is 0 Å². The minimum atomic E-state index is -0.858. The molecule has 100 valence electrons. The van der Waals surface area contributed by atoms with Crippen LogP contribution in [0.15, 0.2) is 35.7 Å². The van der Waals surface area contributed by atoms with Crippen molar-refractivity contribution in [2.75, 3.05) is 0 Å². The molecule has 0 aliphatic rings. The molecule has 0 aliphatic heterocycles. The molecule has 0 aliphatic carbocycles. The Morgan fingerprint density at radius 3 is 2.37 bits per heavy atom. The topological polar surface area (TPSA) is 37.3 Å². The SMILES string of the molecule is CCC(C)(C)c1ccc(-c2ccsc2C(=O)O)cc1. The molecule has 0 saturated carbocycles. The molecule has 0 amide bonds. The van der Waals surface area contributed by atoms with E-state index >= 15 is 0 Å². The summed E-state index contributed by atoms with van der Waals surface area (Å²) in [6.07, 6.45) is 1.07. The van der Waals surface area contributed by atoms with Crippen LogP contribution in [0.25, 0.3) is 11.1 Å². The first-order valence-electron chi connectivity index (χ1n) is 6.37. The van der Waals surface area contributed by atoms with Gasteiger partial charge in [0.2, 0.25) is 0 Å². The zero-order valence-corrected chi connectivity index (χ0v) is 12.3. The number of carboxylic acid groups (broad SMARTS) is 1. The molecule has 2 nitrogen and oxygen atoms in total. The van der Waals surface area contributed by atoms with Gasteiger partial charge in [-0.25, -0.2) is 4.79 Å². The maximum atomic E-state index is 11.1. The molecule has 0 saturated heterocycles. The van der Waals surface area contributed by atoms with E-state index in [0.717, 1.165) is 17.5 Å². The summed E-state index contributed by atoms with van der Waals surface area (Å²) in [6.45, 7) is 6.61. The minimum absolute atomic E-state index is 0.156. The van der Waals surface area contributed by atoms with Gasteiger partial charge in [-0.3, -0.25) is 0 Å². The van der Waals surface area contributed by atoms with Crippen LogP contribution in [0, 0.1) is 0 Å². The number of carboxylic acids is 1. The smallest absolute Gasteiger partial charge is 0.346 e. The van der Waals surface area contributed by atoms with E-state index in [-0.39, 0.29) is 5.41 Å². The predicted molar refractivity (Wildman–Crippen MR) is 80.0 cm³/mol. The van der Waals surface area contributed by atoms with Crippen LogP contribution in [0.4, 0.5) is 0 Å². The van der Waals surface area contributed by atoms with Gasteiger partial charge in [-0.05, 0) is 34.4 Å². The van der Waals surface area contributed by atoms with E-state index in [2.05, 4.69) is 32.9 Å². The number of aromatic carboxylic acids is 1. The van der Waals surface area contributed by atoms with Crippen molar-refractivity contribution in [1.82, 2.24) is 0 Å². The summed E-state index contributed by atoms with van der Waals surface area (Å²) < 4.78 is 0. The van der Waals surface area contributed by atoms with E-state index in [9.17, 15) is 4.79 Å². The minimum Gasteiger partial charge on any atom is -0.477 e. The van der Waals surface area contributed by atoms with Crippen molar-refractivity contribution >= 4 is 17.3 Å². The van der Waals surface area contributed by atoms with Gasteiger partial charge in [0.05, 0.1) is 0 Å². The van der Waals surface area contributed by atoms with Crippen molar-refractivity contribution in [2.45, 2.75) is 32.6 Å². The summed E-state index contributed by atoms with van der Waals surface area (Å²) in [7, 11) is 0. The Morgan fingerprint density at radius 2 is 1.84 bits per heavy atom. The van der Waals surface area contributed by atoms with Crippen LogP contribution in [-0.4, -0.2) is 11.1 Å². The first-order chi connectivity index (χ1) is 8.95. The highest BCUT2D eigenvalue weighted by Gasteiger charge is 2.18. The Hall–Kier alpha value is -1.61. The Balaban J connectivity index is 2.38. The maximum absolute atomic E-state index is 11.1. The first kappa shape index (κ1) is 13.8. The van der Waals surface area contributed by atoms with E-state index in [0.29, 0.717) is 4.88 Å². The molecule has 0 unspecified atom stereocenters. The third kappa shape index (κ3) is 2.71. The van der Waals surface area contributed by atoms with Crippen molar-refractivity contribution in [3.05, 3.63) is 46.2 Å². The lowest BCUT2D eigenvalue weighted by atomic mass is 9.82. The van der Waals surface area contributed by atoms with Crippen LogP contribution in [-0.2, 0) is 5.41 Å². The molecule has 1 N–H and O–H groups in total. The Morgan fingerprint density at radius 1 is 1.21 bits per heavy atom. The number of carbonyl (C=O) groups is 1.